The standard InChI is InChI=1S/C55H36BN/c1-4-19-37(20-5-1)40-35-48-53-52(36-40)57(54-41(38-21-6-2-7-22-38)27-18-28-42(54)39-23-8-3-9-24-39)51-34-17-16-33-50(51)56(53)49-32-15-14-31-47(49)55(48)45-29-12-10-25-43(45)44-26-11-13-30-46(44)55/h1-36H. The fourth-order valence-corrected chi connectivity index (χ4v) is 10.6. The molecule has 0 saturated heterocycles. The number of benzene rings is 9. The van der Waals surface area contributed by atoms with Crippen molar-refractivity contribution in [3.63, 3.8) is 0 Å². The Morgan fingerprint density at radius 1 is 0.316 bits per heavy atom. The van der Waals surface area contributed by atoms with Crippen molar-refractivity contribution < 1.29 is 0 Å². The van der Waals surface area contributed by atoms with Crippen LogP contribution in [0.4, 0.5) is 17.1 Å². The molecule has 12 rings (SSSR count). The van der Waals surface area contributed by atoms with Gasteiger partial charge in [0.05, 0.1) is 11.1 Å². The van der Waals surface area contributed by atoms with Gasteiger partial charge in [-0.25, -0.2) is 0 Å². The average Bonchev–Trinajstić information content (AvgIpc) is 3.59. The molecule has 264 valence electrons. The fourth-order valence-electron chi connectivity index (χ4n) is 10.6. The van der Waals surface area contributed by atoms with Crippen LogP contribution in [-0.4, -0.2) is 6.71 Å². The van der Waals surface area contributed by atoms with Gasteiger partial charge in [-0.15, -0.1) is 0 Å². The largest absolute Gasteiger partial charge is 0.310 e. The summed E-state index contributed by atoms with van der Waals surface area (Å²) < 4.78 is 0. The van der Waals surface area contributed by atoms with Gasteiger partial charge in [0.25, 0.3) is 0 Å². The van der Waals surface area contributed by atoms with Crippen molar-refractivity contribution in [1.29, 1.82) is 0 Å². The molecule has 1 nitrogen and oxygen atoms in total. The van der Waals surface area contributed by atoms with E-state index in [9.17, 15) is 0 Å². The monoisotopic (exact) mass is 721 g/mol. The Bertz CT molecular complexity index is 2920. The number of para-hydroxylation sites is 2. The third-order valence-corrected chi connectivity index (χ3v) is 12.7. The van der Waals surface area contributed by atoms with E-state index in [4.69, 9.17) is 0 Å². The van der Waals surface area contributed by atoms with Crippen molar-refractivity contribution in [3.05, 3.63) is 241 Å². The van der Waals surface area contributed by atoms with Crippen molar-refractivity contribution in [1.82, 2.24) is 0 Å². The summed E-state index contributed by atoms with van der Waals surface area (Å²) in [6.07, 6.45) is 0. The molecular weight excluding hydrogens is 685 g/mol. The van der Waals surface area contributed by atoms with Crippen LogP contribution in [0.15, 0.2) is 218 Å². The first-order chi connectivity index (χ1) is 28.3. The number of hydrogen-bond acceptors (Lipinski definition) is 1. The van der Waals surface area contributed by atoms with E-state index in [-0.39, 0.29) is 6.71 Å². The molecule has 0 fully saturated rings. The zero-order chi connectivity index (χ0) is 37.5. The van der Waals surface area contributed by atoms with E-state index in [1.54, 1.807) is 0 Å². The van der Waals surface area contributed by atoms with E-state index in [0.29, 0.717) is 0 Å². The third-order valence-electron chi connectivity index (χ3n) is 12.7. The van der Waals surface area contributed by atoms with Crippen molar-refractivity contribution in [2.45, 2.75) is 5.41 Å². The lowest BCUT2D eigenvalue weighted by Crippen LogP contribution is -2.65. The lowest BCUT2D eigenvalue weighted by molar-refractivity contribution is 0.775. The molecule has 2 heteroatoms. The molecule has 0 unspecified atom stereocenters. The highest BCUT2D eigenvalue weighted by Gasteiger charge is 2.55. The Kier molecular flexibility index (Phi) is 7.00. The van der Waals surface area contributed by atoms with Crippen LogP contribution in [0.25, 0.3) is 44.5 Å². The van der Waals surface area contributed by atoms with Crippen molar-refractivity contribution in [2.75, 3.05) is 4.90 Å². The highest BCUT2D eigenvalue weighted by atomic mass is 15.2. The van der Waals surface area contributed by atoms with Gasteiger partial charge < -0.3 is 4.90 Å². The van der Waals surface area contributed by atoms with Gasteiger partial charge >= 0.3 is 0 Å². The average molecular weight is 722 g/mol. The Morgan fingerprint density at radius 2 is 0.789 bits per heavy atom. The molecule has 9 aromatic rings. The van der Waals surface area contributed by atoms with Crippen LogP contribution in [-0.2, 0) is 5.41 Å². The van der Waals surface area contributed by atoms with Crippen molar-refractivity contribution in [2.24, 2.45) is 0 Å². The first-order valence-corrected chi connectivity index (χ1v) is 20.0. The van der Waals surface area contributed by atoms with Crippen LogP contribution >= 0.6 is 0 Å². The Hall–Kier alpha value is -7.16. The predicted octanol–water partition coefficient (Wildman–Crippen LogP) is 11.7. The molecule has 1 aliphatic carbocycles. The normalized spacial score (nSPS) is 13.7. The molecule has 0 radical (unpaired) electrons. The van der Waals surface area contributed by atoms with Crippen LogP contribution in [0.1, 0.15) is 22.3 Å². The number of fused-ring (bicyclic) bond motifs is 11. The molecule has 1 spiro atoms. The fraction of sp³-hybridized carbons (Fsp3) is 0.0182. The maximum atomic E-state index is 2.62. The van der Waals surface area contributed by atoms with Crippen LogP contribution in [0.5, 0.6) is 0 Å². The third kappa shape index (κ3) is 4.47. The lowest BCUT2D eigenvalue weighted by Gasteiger charge is -2.48. The molecule has 57 heavy (non-hydrogen) atoms. The summed E-state index contributed by atoms with van der Waals surface area (Å²) >= 11 is 0. The number of nitrogens with zero attached hydrogens (tertiary/aromatic N) is 1. The van der Waals surface area contributed by atoms with Crippen molar-refractivity contribution in [3.8, 4) is 44.5 Å². The molecule has 0 atom stereocenters. The number of hydrogen-bond donors (Lipinski definition) is 0. The van der Waals surface area contributed by atoms with Gasteiger partial charge in [-0.1, -0.05) is 206 Å². The first kappa shape index (κ1) is 32.1. The molecule has 0 bridgehead atoms. The maximum absolute atomic E-state index is 2.62. The SMILES string of the molecule is c1ccc(-c2cc3c4c(c2)C2(c5ccccc5B4c4ccccc4N3c3c(-c4ccccc4)cccc3-c3ccccc3)c3ccccc3-c3ccccc32)cc1. The highest BCUT2D eigenvalue weighted by Crippen LogP contribution is 2.58. The molecule has 0 aromatic heterocycles. The minimum Gasteiger partial charge on any atom is -0.310 e. The molecule has 2 aliphatic heterocycles. The smallest absolute Gasteiger partial charge is 0.247 e. The second kappa shape index (κ2) is 12.4. The van der Waals surface area contributed by atoms with Gasteiger partial charge in [0, 0.05) is 22.5 Å². The van der Waals surface area contributed by atoms with Gasteiger partial charge in [-0.2, -0.15) is 0 Å². The maximum Gasteiger partial charge on any atom is 0.247 e. The Morgan fingerprint density at radius 3 is 1.40 bits per heavy atom. The Labute approximate surface area is 334 Å². The van der Waals surface area contributed by atoms with Gasteiger partial charge in [0.15, 0.2) is 0 Å². The highest BCUT2D eigenvalue weighted by molar-refractivity contribution is 6.99. The van der Waals surface area contributed by atoms with Gasteiger partial charge in [-0.05, 0) is 84.8 Å². The molecule has 0 amide bonds. The van der Waals surface area contributed by atoms with E-state index in [1.807, 2.05) is 0 Å². The van der Waals surface area contributed by atoms with E-state index in [0.717, 1.165) is 0 Å². The van der Waals surface area contributed by atoms with Gasteiger partial charge in [-0.3, -0.25) is 0 Å². The molecule has 0 saturated carbocycles. The first-order valence-electron chi connectivity index (χ1n) is 20.0. The zero-order valence-electron chi connectivity index (χ0n) is 31.3. The number of rotatable bonds is 4. The second-order valence-electron chi connectivity index (χ2n) is 15.5. The van der Waals surface area contributed by atoms with E-state index in [2.05, 4.69) is 223 Å². The number of anilines is 3. The van der Waals surface area contributed by atoms with Crippen LogP contribution in [0, 0.1) is 0 Å². The molecule has 3 aliphatic rings. The lowest BCUT2D eigenvalue weighted by atomic mass is 9.29. The van der Waals surface area contributed by atoms with Gasteiger partial charge in [0.1, 0.15) is 0 Å². The summed E-state index contributed by atoms with van der Waals surface area (Å²) in [6.45, 7) is 0.0399. The summed E-state index contributed by atoms with van der Waals surface area (Å²) in [6, 6.07) is 81.5. The summed E-state index contributed by atoms with van der Waals surface area (Å²) in [5.41, 5.74) is 22.4. The summed E-state index contributed by atoms with van der Waals surface area (Å²) in [4.78, 5) is 2.62. The predicted molar refractivity (Wildman–Crippen MR) is 239 cm³/mol. The van der Waals surface area contributed by atoms with Crippen LogP contribution in [0.3, 0.4) is 0 Å². The molecule has 0 N–H and O–H groups in total. The Balaban J connectivity index is 1.28. The molecule has 2 heterocycles. The molecular formula is C55H36BN. The van der Waals surface area contributed by atoms with E-state index < -0.39 is 5.41 Å². The quantitative estimate of drug-likeness (QED) is 0.164. The minimum absolute atomic E-state index is 0.0399. The van der Waals surface area contributed by atoms with E-state index >= 15 is 0 Å². The summed E-state index contributed by atoms with van der Waals surface area (Å²) in [5.74, 6) is 0. The van der Waals surface area contributed by atoms with Crippen LogP contribution in [0.2, 0.25) is 0 Å². The topological polar surface area (TPSA) is 3.24 Å². The second-order valence-corrected chi connectivity index (χ2v) is 15.5. The van der Waals surface area contributed by atoms with Gasteiger partial charge in [0.2, 0.25) is 6.71 Å². The summed E-state index contributed by atoms with van der Waals surface area (Å²) in [7, 11) is 0. The van der Waals surface area contributed by atoms with Crippen LogP contribution < -0.4 is 21.3 Å². The zero-order valence-corrected chi connectivity index (χ0v) is 31.3. The van der Waals surface area contributed by atoms with Crippen molar-refractivity contribution >= 4 is 40.2 Å². The van der Waals surface area contributed by atoms with E-state index in [1.165, 1.54) is 100 Å². The molecule has 9 aromatic carbocycles. The minimum atomic E-state index is -0.520. The summed E-state index contributed by atoms with van der Waals surface area (Å²) in [5, 5.41) is 0.